The van der Waals surface area contributed by atoms with E-state index in [4.69, 9.17) is 5.11 Å². The Hall–Kier alpha value is -0.530. The molecule has 0 spiro atoms. The molecular weight excluding hydrogens is 185 g/mol. The van der Waals surface area contributed by atoms with Crippen molar-refractivity contribution in [2.24, 2.45) is 0 Å². The van der Waals surface area contributed by atoms with Crippen LogP contribution in [0.2, 0.25) is 0 Å². The van der Waals surface area contributed by atoms with E-state index in [1.807, 2.05) is 0 Å². The number of halogens is 7. The van der Waals surface area contributed by atoms with E-state index in [9.17, 15) is 30.7 Å². The summed E-state index contributed by atoms with van der Waals surface area (Å²) in [6.45, 7) is 0. The summed E-state index contributed by atoms with van der Waals surface area (Å²) in [5.74, 6) is -6.51. The van der Waals surface area contributed by atoms with Gasteiger partial charge in [0.05, 0.1) is 0 Å². The lowest BCUT2D eigenvalue weighted by atomic mass is 10.3. The smallest absolute Gasteiger partial charge is 0.186 e. The van der Waals surface area contributed by atoms with Crippen LogP contribution in [0.1, 0.15) is 0 Å². The Kier molecular flexibility index (Phi) is 2.12. The van der Waals surface area contributed by atoms with Gasteiger partial charge in [-0.15, -0.1) is 0 Å². The Morgan fingerprint density at radius 3 is 1.00 bits per heavy atom. The van der Waals surface area contributed by atoms with Gasteiger partial charge in [0.1, 0.15) is 0 Å². The van der Waals surface area contributed by atoms with Crippen molar-refractivity contribution in [2.75, 3.05) is 0 Å². The van der Waals surface area contributed by atoms with Crippen molar-refractivity contribution >= 4 is 0 Å². The highest BCUT2D eigenvalue weighted by Crippen LogP contribution is 2.45. The third-order valence-electron chi connectivity index (χ3n) is 0.722. The lowest BCUT2D eigenvalue weighted by molar-refractivity contribution is -0.429. The minimum atomic E-state index is -6.52. The fourth-order valence-corrected chi connectivity index (χ4v) is 0.165. The first-order valence-electron chi connectivity index (χ1n) is 2.03. The molecule has 1 nitrogen and oxygen atoms in total. The second-order valence-electron chi connectivity index (χ2n) is 1.59. The summed E-state index contributed by atoms with van der Waals surface area (Å²) in [4.78, 5) is 0. The highest BCUT2D eigenvalue weighted by atomic mass is 19.4. The molecule has 0 aliphatic rings. The molecule has 0 fully saturated rings. The fraction of sp³-hybridized carbons (Fsp3) is 1.00. The summed E-state index contributed by atoms with van der Waals surface area (Å²) in [5.41, 5.74) is 0. The van der Waals surface area contributed by atoms with Crippen molar-refractivity contribution in [3.8, 4) is 0 Å². The van der Waals surface area contributed by atoms with Gasteiger partial charge in [-0.1, -0.05) is 0 Å². The fourth-order valence-electron chi connectivity index (χ4n) is 0.165. The van der Waals surface area contributed by atoms with E-state index in [2.05, 4.69) is 0 Å². The van der Waals surface area contributed by atoms with Crippen LogP contribution in [0.4, 0.5) is 30.7 Å². The molecule has 0 aromatic carbocycles. The number of hydrogen-bond donors (Lipinski definition) is 0. The van der Waals surface area contributed by atoms with Crippen molar-refractivity contribution in [2.45, 2.75) is 18.2 Å². The minimum Gasteiger partial charge on any atom is -0.186 e. The molecule has 0 saturated carbocycles. The molecule has 0 N–H and O–H groups in total. The molecule has 0 unspecified atom stereocenters. The van der Waals surface area contributed by atoms with Crippen LogP contribution in [0.3, 0.4) is 0 Å². The number of alkyl halides is 7. The quantitative estimate of drug-likeness (QED) is 0.558. The van der Waals surface area contributed by atoms with Crippen LogP contribution in [0, 0.1) is 0 Å². The zero-order chi connectivity index (χ0) is 9.50. The molecule has 0 aliphatic heterocycles. The second-order valence-corrected chi connectivity index (χ2v) is 1.59. The van der Waals surface area contributed by atoms with Gasteiger partial charge in [-0.05, 0) is 0 Å². The lowest BCUT2D eigenvalue weighted by Crippen LogP contribution is -2.50. The first-order valence-corrected chi connectivity index (χ1v) is 2.03. The maximum Gasteiger partial charge on any atom is 0.462 e. The van der Waals surface area contributed by atoms with E-state index in [1.54, 1.807) is 0 Å². The second kappa shape index (κ2) is 2.23. The maximum atomic E-state index is 11.2. The largest absolute Gasteiger partial charge is 0.462 e. The molecule has 1 radical (unpaired) electrons. The topological polar surface area (TPSA) is 19.9 Å². The molecule has 8 heteroatoms. The van der Waals surface area contributed by atoms with E-state index in [1.165, 1.54) is 0 Å². The molecule has 0 bridgehead atoms. The van der Waals surface area contributed by atoms with Crippen LogP contribution in [0.25, 0.3) is 0 Å². The van der Waals surface area contributed by atoms with Crippen LogP contribution >= 0.6 is 0 Å². The molecule has 0 saturated heterocycles. The maximum absolute atomic E-state index is 11.2. The van der Waals surface area contributed by atoms with Crippen LogP contribution in [-0.2, 0) is 5.11 Å². The summed E-state index contributed by atoms with van der Waals surface area (Å²) in [5, 5.41) is 8.97. The van der Waals surface area contributed by atoms with Gasteiger partial charge in [-0.3, -0.25) is 0 Å². The standard InChI is InChI=1S/C3F7O/c4-1(5,2(6,7)8)3(9,10)11. The Labute approximate surface area is 55.4 Å². The molecule has 0 aliphatic carbocycles. The Bertz CT molecular complexity index is 125. The first-order chi connectivity index (χ1) is 4.50. The predicted octanol–water partition coefficient (Wildman–Crippen LogP) is 2.21. The van der Waals surface area contributed by atoms with Crippen LogP contribution in [0.15, 0.2) is 0 Å². The third kappa shape index (κ3) is 1.73. The number of rotatable bonds is 1. The van der Waals surface area contributed by atoms with E-state index in [0.29, 0.717) is 0 Å². The van der Waals surface area contributed by atoms with Gasteiger partial charge in [0.2, 0.25) is 0 Å². The van der Waals surface area contributed by atoms with Crippen LogP contribution in [-0.4, -0.2) is 18.2 Å². The van der Waals surface area contributed by atoms with E-state index in [-0.39, 0.29) is 0 Å². The summed E-state index contributed by atoms with van der Waals surface area (Å²) in [6.07, 6.45) is -12.8. The lowest BCUT2D eigenvalue weighted by Gasteiger charge is -2.21. The van der Waals surface area contributed by atoms with Gasteiger partial charge in [-0.2, -0.15) is 35.8 Å². The van der Waals surface area contributed by atoms with Crippen LogP contribution < -0.4 is 0 Å². The molecule has 67 valence electrons. The summed E-state index contributed by atoms with van der Waals surface area (Å²) >= 11 is 0. The SMILES string of the molecule is [O]C(F)(F)C(F)(F)C(F)(F)F. The Morgan fingerprint density at radius 1 is 0.727 bits per heavy atom. The van der Waals surface area contributed by atoms with Gasteiger partial charge in [0.25, 0.3) is 0 Å². The molecule has 0 atom stereocenters. The van der Waals surface area contributed by atoms with E-state index in [0.717, 1.165) is 0 Å². The van der Waals surface area contributed by atoms with Crippen molar-refractivity contribution < 1.29 is 35.8 Å². The zero-order valence-corrected chi connectivity index (χ0v) is 4.55. The van der Waals surface area contributed by atoms with Gasteiger partial charge >= 0.3 is 18.2 Å². The third-order valence-corrected chi connectivity index (χ3v) is 0.722. The normalized spacial score (nSPS) is 15.3. The van der Waals surface area contributed by atoms with Crippen molar-refractivity contribution in [3.63, 3.8) is 0 Å². The predicted molar refractivity (Wildman–Crippen MR) is 16.6 cm³/mol. The van der Waals surface area contributed by atoms with Crippen molar-refractivity contribution in [1.29, 1.82) is 0 Å². The average molecular weight is 185 g/mol. The summed E-state index contributed by atoms with van der Waals surface area (Å²) < 4.78 is 77.1. The average Bonchev–Trinajstić information content (AvgIpc) is 1.58. The minimum absolute atomic E-state index is 6.33. The van der Waals surface area contributed by atoms with Gasteiger partial charge in [0.15, 0.2) is 0 Å². The molecule has 0 amide bonds. The van der Waals surface area contributed by atoms with Crippen LogP contribution in [0.5, 0.6) is 0 Å². The van der Waals surface area contributed by atoms with Gasteiger partial charge < -0.3 is 0 Å². The molecule has 0 rings (SSSR count). The monoisotopic (exact) mass is 185 g/mol. The molecule has 0 aromatic heterocycles. The number of hydrogen-bond acceptors (Lipinski definition) is 0. The van der Waals surface area contributed by atoms with E-state index < -0.39 is 18.2 Å². The highest BCUT2D eigenvalue weighted by Gasteiger charge is 2.74. The summed E-state index contributed by atoms with van der Waals surface area (Å²) in [7, 11) is 0. The van der Waals surface area contributed by atoms with E-state index >= 15 is 0 Å². The molecule has 11 heavy (non-hydrogen) atoms. The first kappa shape index (κ1) is 10.5. The summed E-state index contributed by atoms with van der Waals surface area (Å²) in [6, 6.07) is 0. The Morgan fingerprint density at radius 2 is 1.00 bits per heavy atom. The van der Waals surface area contributed by atoms with Gasteiger partial charge in [-0.25, -0.2) is 0 Å². The van der Waals surface area contributed by atoms with Crippen molar-refractivity contribution in [1.82, 2.24) is 0 Å². The Balaban J connectivity index is 4.75. The molecule has 0 heterocycles. The van der Waals surface area contributed by atoms with Crippen molar-refractivity contribution in [3.05, 3.63) is 0 Å². The zero-order valence-electron chi connectivity index (χ0n) is 4.55. The molecule has 0 aromatic rings. The highest BCUT2D eigenvalue weighted by molar-refractivity contribution is 4.82. The van der Waals surface area contributed by atoms with Gasteiger partial charge in [0, 0.05) is 0 Å². The molecular formula is C3F7O.